The van der Waals surface area contributed by atoms with Crippen molar-refractivity contribution in [1.29, 1.82) is 0 Å². The number of nitrogens with zero attached hydrogens (tertiary/aromatic N) is 6. The van der Waals surface area contributed by atoms with Crippen LogP contribution in [0.5, 0.6) is 0 Å². The lowest BCUT2D eigenvalue weighted by atomic mass is 10.4. The summed E-state index contributed by atoms with van der Waals surface area (Å²) in [4.78, 5) is 8.95. The van der Waals surface area contributed by atoms with Crippen LogP contribution in [-0.2, 0) is 19.5 Å². The fraction of sp³-hybridized carbons (Fsp3) is 0.538. The number of aryl methyl sites for hydroxylation is 4. The van der Waals surface area contributed by atoms with Gasteiger partial charge in [0.2, 0.25) is 5.89 Å². The van der Waals surface area contributed by atoms with Crippen molar-refractivity contribution in [2.45, 2.75) is 40.3 Å². The molecule has 0 N–H and O–H groups in total. The van der Waals surface area contributed by atoms with Gasteiger partial charge in [-0.15, -0.1) is 11.6 Å². The van der Waals surface area contributed by atoms with Crippen LogP contribution in [0.4, 0.5) is 0 Å². The van der Waals surface area contributed by atoms with E-state index in [1.807, 2.05) is 11.6 Å². The number of fused-ring (bicyclic) bond motifs is 1. The van der Waals surface area contributed by atoms with Crippen molar-refractivity contribution in [3.05, 3.63) is 23.2 Å². The number of aromatic nitrogens is 6. The summed E-state index contributed by atoms with van der Waals surface area (Å²) in [6.07, 6.45) is 0.691. The molecule has 0 aliphatic rings. The number of hydrogen-bond donors (Lipinski definition) is 0. The third-order valence-electron chi connectivity index (χ3n) is 3.36. The van der Waals surface area contributed by atoms with Crippen molar-refractivity contribution in [3.8, 4) is 0 Å². The predicted molar refractivity (Wildman–Crippen MR) is 78.5 cm³/mol. The predicted octanol–water partition coefficient (Wildman–Crippen LogP) is 2.08. The van der Waals surface area contributed by atoms with Crippen molar-refractivity contribution in [2.75, 3.05) is 5.88 Å². The fourth-order valence-corrected chi connectivity index (χ4v) is 2.65. The van der Waals surface area contributed by atoms with E-state index >= 15 is 0 Å². The smallest absolute Gasteiger partial charge is 0.223 e. The molecule has 0 aliphatic carbocycles. The van der Waals surface area contributed by atoms with Gasteiger partial charge in [0.05, 0.1) is 12.2 Å². The van der Waals surface area contributed by atoms with Crippen molar-refractivity contribution in [3.63, 3.8) is 0 Å². The molecule has 0 aromatic carbocycles. The number of imidazole rings is 1. The van der Waals surface area contributed by atoms with Crippen molar-refractivity contribution >= 4 is 22.8 Å². The second-order valence-electron chi connectivity index (χ2n) is 4.86. The molecule has 0 fully saturated rings. The standard InChI is InChI=1S/C13H17ClN6O/c1-4-20-13-12(8(2)17-20)16-11(5-6-14)19(13)7-10-15-9(3)21-18-10/h4-7H2,1-3H3. The molecule has 21 heavy (non-hydrogen) atoms. The molecular weight excluding hydrogens is 292 g/mol. The highest BCUT2D eigenvalue weighted by molar-refractivity contribution is 6.17. The van der Waals surface area contributed by atoms with Gasteiger partial charge in [-0.3, -0.25) is 0 Å². The number of alkyl halides is 1. The zero-order valence-corrected chi connectivity index (χ0v) is 13.1. The maximum absolute atomic E-state index is 5.90. The van der Waals surface area contributed by atoms with Gasteiger partial charge in [-0.25, -0.2) is 9.67 Å². The van der Waals surface area contributed by atoms with Gasteiger partial charge in [0, 0.05) is 25.8 Å². The molecule has 0 unspecified atom stereocenters. The highest BCUT2D eigenvalue weighted by Gasteiger charge is 2.19. The minimum absolute atomic E-state index is 0.505. The maximum atomic E-state index is 5.90. The molecule has 3 aromatic heterocycles. The first-order valence-electron chi connectivity index (χ1n) is 6.91. The molecule has 8 heteroatoms. The molecule has 7 nitrogen and oxygen atoms in total. The molecule has 0 amide bonds. The Balaban J connectivity index is 2.14. The maximum Gasteiger partial charge on any atom is 0.223 e. The van der Waals surface area contributed by atoms with Crippen molar-refractivity contribution < 1.29 is 4.52 Å². The van der Waals surface area contributed by atoms with Crippen LogP contribution < -0.4 is 0 Å². The Morgan fingerprint density at radius 2 is 2.05 bits per heavy atom. The third-order valence-corrected chi connectivity index (χ3v) is 3.55. The monoisotopic (exact) mass is 308 g/mol. The normalized spacial score (nSPS) is 11.6. The molecule has 0 saturated carbocycles. The Bertz CT molecular complexity index is 771. The van der Waals surface area contributed by atoms with E-state index in [-0.39, 0.29) is 0 Å². The zero-order chi connectivity index (χ0) is 15.0. The summed E-state index contributed by atoms with van der Waals surface area (Å²) < 4.78 is 9.07. The molecule has 3 rings (SSSR count). The Hall–Kier alpha value is -1.89. The van der Waals surface area contributed by atoms with E-state index in [2.05, 4.69) is 31.7 Å². The van der Waals surface area contributed by atoms with Crippen molar-refractivity contribution in [1.82, 2.24) is 29.5 Å². The summed E-state index contributed by atoms with van der Waals surface area (Å²) in [6.45, 7) is 7.09. The van der Waals surface area contributed by atoms with Crippen LogP contribution >= 0.6 is 11.6 Å². The van der Waals surface area contributed by atoms with E-state index in [1.165, 1.54) is 0 Å². The average Bonchev–Trinajstić information content (AvgIpc) is 3.10. The highest BCUT2D eigenvalue weighted by Crippen LogP contribution is 2.21. The van der Waals surface area contributed by atoms with Crippen LogP contribution in [-0.4, -0.2) is 35.4 Å². The third kappa shape index (κ3) is 2.42. The van der Waals surface area contributed by atoms with Gasteiger partial charge >= 0.3 is 0 Å². The van der Waals surface area contributed by atoms with E-state index in [1.54, 1.807) is 6.92 Å². The Labute approximate surface area is 126 Å². The van der Waals surface area contributed by atoms with Gasteiger partial charge in [0.15, 0.2) is 11.5 Å². The number of rotatable bonds is 5. The first-order chi connectivity index (χ1) is 10.1. The van der Waals surface area contributed by atoms with E-state index in [9.17, 15) is 0 Å². The number of halogens is 1. The summed E-state index contributed by atoms with van der Waals surface area (Å²) in [7, 11) is 0. The van der Waals surface area contributed by atoms with E-state index in [0.717, 1.165) is 29.2 Å². The topological polar surface area (TPSA) is 74.6 Å². The highest BCUT2D eigenvalue weighted by atomic mass is 35.5. The zero-order valence-electron chi connectivity index (χ0n) is 12.3. The summed E-state index contributed by atoms with van der Waals surface area (Å²) in [5.41, 5.74) is 2.82. The van der Waals surface area contributed by atoms with E-state index in [4.69, 9.17) is 16.1 Å². The summed E-state index contributed by atoms with van der Waals surface area (Å²) in [5.74, 6) is 2.62. The molecule has 0 spiro atoms. The van der Waals surface area contributed by atoms with Gasteiger partial charge in [-0.2, -0.15) is 10.1 Å². The van der Waals surface area contributed by atoms with Crippen LogP contribution in [0.2, 0.25) is 0 Å². The largest absolute Gasteiger partial charge is 0.340 e. The lowest BCUT2D eigenvalue weighted by Crippen LogP contribution is -2.11. The molecule has 0 aliphatic heterocycles. The molecule has 0 saturated heterocycles. The Morgan fingerprint density at radius 1 is 1.24 bits per heavy atom. The van der Waals surface area contributed by atoms with Gasteiger partial charge in [-0.1, -0.05) is 5.16 Å². The van der Waals surface area contributed by atoms with Crippen LogP contribution in [0.1, 0.15) is 30.2 Å². The van der Waals surface area contributed by atoms with Crippen LogP contribution in [0.3, 0.4) is 0 Å². The molecule has 0 radical (unpaired) electrons. The summed E-state index contributed by atoms with van der Waals surface area (Å²) >= 11 is 5.90. The summed E-state index contributed by atoms with van der Waals surface area (Å²) in [6, 6.07) is 0. The second-order valence-corrected chi connectivity index (χ2v) is 5.23. The molecule has 0 bridgehead atoms. The number of hydrogen-bond acceptors (Lipinski definition) is 5. The van der Waals surface area contributed by atoms with Gasteiger partial charge in [0.25, 0.3) is 0 Å². The minimum atomic E-state index is 0.505. The van der Waals surface area contributed by atoms with Crippen LogP contribution in [0.25, 0.3) is 11.2 Å². The molecule has 3 aromatic rings. The summed E-state index contributed by atoms with van der Waals surface area (Å²) in [5, 5.41) is 8.48. The van der Waals surface area contributed by atoms with E-state index in [0.29, 0.717) is 30.6 Å². The molecule has 0 atom stereocenters. The lowest BCUT2D eigenvalue weighted by Gasteiger charge is -2.07. The van der Waals surface area contributed by atoms with E-state index < -0.39 is 0 Å². The first kappa shape index (κ1) is 14.1. The lowest BCUT2D eigenvalue weighted by molar-refractivity contribution is 0.386. The Morgan fingerprint density at radius 3 is 2.67 bits per heavy atom. The van der Waals surface area contributed by atoms with Gasteiger partial charge in [0.1, 0.15) is 11.3 Å². The van der Waals surface area contributed by atoms with Crippen molar-refractivity contribution in [2.24, 2.45) is 0 Å². The molecule has 112 valence electrons. The fourth-order valence-electron chi connectivity index (χ4n) is 2.48. The SMILES string of the molecule is CCn1nc(C)c2nc(CCCl)n(Cc3noc(C)n3)c21. The minimum Gasteiger partial charge on any atom is -0.340 e. The second kappa shape index (κ2) is 5.48. The Kier molecular flexibility index (Phi) is 3.67. The van der Waals surface area contributed by atoms with Crippen LogP contribution in [0, 0.1) is 13.8 Å². The first-order valence-corrected chi connectivity index (χ1v) is 7.45. The quantitative estimate of drug-likeness (QED) is 0.675. The van der Waals surface area contributed by atoms with Gasteiger partial charge in [-0.05, 0) is 13.8 Å². The van der Waals surface area contributed by atoms with Crippen LogP contribution in [0.15, 0.2) is 4.52 Å². The molecule has 3 heterocycles. The average molecular weight is 309 g/mol. The van der Waals surface area contributed by atoms with Gasteiger partial charge < -0.3 is 9.09 Å². The molecular formula is C13H17ClN6O.